The molecule has 0 unspecified atom stereocenters. The third-order valence-electron chi connectivity index (χ3n) is 4.74. The topological polar surface area (TPSA) is 114 Å². The van der Waals surface area contributed by atoms with Crippen LogP contribution in [0.15, 0.2) is 42.9 Å². The first-order valence-electron chi connectivity index (χ1n) is 10.0. The Labute approximate surface area is 195 Å². The fourth-order valence-electron chi connectivity index (χ4n) is 3.15. The summed E-state index contributed by atoms with van der Waals surface area (Å²) in [5.41, 5.74) is 1.34. The van der Waals surface area contributed by atoms with E-state index in [4.69, 9.17) is 14.2 Å². The SMILES string of the molecule is COc1cnc(CCSNc2nnc(-c3ccn(C)n3)n2-c2c(OC)cccc2OC)nc1. The number of hydrogen-bond donors (Lipinski definition) is 1. The maximum absolute atomic E-state index is 5.62. The molecule has 0 amide bonds. The minimum atomic E-state index is 0.513. The highest BCUT2D eigenvalue weighted by atomic mass is 32.2. The highest BCUT2D eigenvalue weighted by Crippen LogP contribution is 2.37. The Kier molecular flexibility index (Phi) is 6.93. The Bertz CT molecular complexity index is 1190. The standard InChI is InChI=1S/C21H24N8O3S/c1-28-10-8-15(26-28)20-24-25-21(27-33-11-9-18-22-12-14(30-2)13-23-18)29(20)19-16(31-3)6-5-7-17(19)32-4/h5-8,10,12-13H,9,11H2,1-4H3,(H,25,27). The molecule has 0 radical (unpaired) electrons. The molecule has 11 nitrogen and oxygen atoms in total. The molecule has 4 aromatic rings. The lowest BCUT2D eigenvalue weighted by Gasteiger charge is -2.17. The Morgan fingerprint density at radius 1 is 0.970 bits per heavy atom. The smallest absolute Gasteiger partial charge is 0.239 e. The van der Waals surface area contributed by atoms with Gasteiger partial charge in [-0.3, -0.25) is 14.0 Å². The molecule has 33 heavy (non-hydrogen) atoms. The number of benzene rings is 1. The van der Waals surface area contributed by atoms with Crippen LogP contribution in [0, 0.1) is 0 Å². The van der Waals surface area contributed by atoms with Gasteiger partial charge in [-0.2, -0.15) is 5.10 Å². The minimum absolute atomic E-state index is 0.513. The number of aryl methyl sites for hydroxylation is 2. The Morgan fingerprint density at radius 3 is 2.30 bits per heavy atom. The lowest BCUT2D eigenvalue weighted by atomic mass is 10.2. The predicted octanol–water partition coefficient (Wildman–Crippen LogP) is 2.79. The summed E-state index contributed by atoms with van der Waals surface area (Å²) in [7, 11) is 6.66. The zero-order valence-corrected chi connectivity index (χ0v) is 19.5. The maximum Gasteiger partial charge on any atom is 0.239 e. The molecule has 0 spiro atoms. The van der Waals surface area contributed by atoms with Crippen molar-refractivity contribution in [1.29, 1.82) is 0 Å². The van der Waals surface area contributed by atoms with Crippen LogP contribution in [0.3, 0.4) is 0 Å². The molecular weight excluding hydrogens is 444 g/mol. The number of methoxy groups -OCH3 is 3. The molecule has 12 heteroatoms. The van der Waals surface area contributed by atoms with Crippen LogP contribution in [-0.4, -0.2) is 61.6 Å². The molecule has 0 fully saturated rings. The number of nitrogens with zero attached hydrogens (tertiary/aromatic N) is 7. The van der Waals surface area contributed by atoms with Gasteiger partial charge in [-0.05, 0) is 30.1 Å². The van der Waals surface area contributed by atoms with Crippen LogP contribution in [0.2, 0.25) is 0 Å². The summed E-state index contributed by atoms with van der Waals surface area (Å²) in [6.07, 6.45) is 5.83. The molecule has 1 N–H and O–H groups in total. The van der Waals surface area contributed by atoms with E-state index in [0.717, 1.165) is 5.82 Å². The van der Waals surface area contributed by atoms with E-state index in [1.54, 1.807) is 38.4 Å². The van der Waals surface area contributed by atoms with Crippen molar-refractivity contribution in [3.05, 3.63) is 48.7 Å². The van der Waals surface area contributed by atoms with Gasteiger partial charge in [0.25, 0.3) is 0 Å². The predicted molar refractivity (Wildman–Crippen MR) is 125 cm³/mol. The fraction of sp³-hybridized carbons (Fsp3) is 0.286. The van der Waals surface area contributed by atoms with E-state index in [1.807, 2.05) is 42.1 Å². The second-order valence-electron chi connectivity index (χ2n) is 6.81. The van der Waals surface area contributed by atoms with Crippen LogP contribution < -0.4 is 18.9 Å². The van der Waals surface area contributed by atoms with Crippen molar-refractivity contribution in [2.24, 2.45) is 7.05 Å². The average molecular weight is 469 g/mol. The van der Waals surface area contributed by atoms with Gasteiger partial charge in [-0.25, -0.2) is 9.97 Å². The summed E-state index contributed by atoms with van der Waals surface area (Å²) in [6.45, 7) is 0. The first-order chi connectivity index (χ1) is 16.1. The van der Waals surface area contributed by atoms with Gasteiger partial charge in [-0.1, -0.05) is 6.07 Å². The van der Waals surface area contributed by atoms with Crippen molar-refractivity contribution in [2.75, 3.05) is 31.8 Å². The van der Waals surface area contributed by atoms with Crippen molar-refractivity contribution >= 4 is 17.9 Å². The van der Waals surface area contributed by atoms with Gasteiger partial charge < -0.3 is 14.2 Å². The molecule has 0 atom stereocenters. The van der Waals surface area contributed by atoms with Gasteiger partial charge in [0, 0.05) is 25.4 Å². The first kappa shape index (κ1) is 22.4. The largest absolute Gasteiger partial charge is 0.494 e. The quantitative estimate of drug-likeness (QED) is 0.275. The third kappa shape index (κ3) is 4.85. The Morgan fingerprint density at radius 2 is 1.70 bits per heavy atom. The summed E-state index contributed by atoms with van der Waals surface area (Å²) >= 11 is 1.47. The molecule has 0 aliphatic rings. The summed E-state index contributed by atoms with van der Waals surface area (Å²) in [4.78, 5) is 8.59. The highest BCUT2D eigenvalue weighted by Gasteiger charge is 2.23. The van der Waals surface area contributed by atoms with Gasteiger partial charge in [0.15, 0.2) is 11.6 Å². The van der Waals surface area contributed by atoms with Crippen LogP contribution in [0.25, 0.3) is 17.2 Å². The number of ether oxygens (including phenoxy) is 3. The molecule has 0 saturated carbocycles. The van der Waals surface area contributed by atoms with Crippen LogP contribution in [0.1, 0.15) is 5.82 Å². The van der Waals surface area contributed by atoms with E-state index in [2.05, 4.69) is 30.0 Å². The maximum atomic E-state index is 5.62. The molecule has 0 aliphatic carbocycles. The van der Waals surface area contributed by atoms with Crippen molar-refractivity contribution in [3.8, 4) is 34.5 Å². The summed E-state index contributed by atoms with van der Waals surface area (Å²) in [5, 5.41) is 13.3. The lowest BCUT2D eigenvalue weighted by Crippen LogP contribution is -2.07. The number of rotatable bonds is 10. The van der Waals surface area contributed by atoms with Crippen LogP contribution in [0.5, 0.6) is 17.2 Å². The normalized spacial score (nSPS) is 10.8. The van der Waals surface area contributed by atoms with Gasteiger partial charge in [0.2, 0.25) is 5.95 Å². The average Bonchev–Trinajstić information content (AvgIpc) is 3.47. The molecule has 0 bridgehead atoms. The van der Waals surface area contributed by atoms with Gasteiger partial charge in [0.05, 0.1) is 33.7 Å². The molecule has 3 aromatic heterocycles. The summed E-state index contributed by atoms with van der Waals surface area (Å²) in [6, 6.07) is 7.46. The van der Waals surface area contributed by atoms with Crippen LogP contribution in [-0.2, 0) is 13.5 Å². The van der Waals surface area contributed by atoms with Crippen molar-refractivity contribution < 1.29 is 14.2 Å². The summed E-state index contributed by atoms with van der Waals surface area (Å²) < 4.78 is 23.2. The van der Waals surface area contributed by atoms with Gasteiger partial charge in [-0.15, -0.1) is 10.2 Å². The third-order valence-corrected chi connectivity index (χ3v) is 5.47. The van der Waals surface area contributed by atoms with Gasteiger partial charge in [0.1, 0.15) is 28.7 Å². The molecule has 3 heterocycles. The second-order valence-corrected chi connectivity index (χ2v) is 7.71. The van der Waals surface area contributed by atoms with Crippen LogP contribution in [0.4, 0.5) is 5.95 Å². The number of hydrogen-bond acceptors (Lipinski definition) is 10. The lowest BCUT2D eigenvalue weighted by molar-refractivity contribution is 0.391. The van der Waals surface area contributed by atoms with Crippen molar-refractivity contribution in [1.82, 2.24) is 34.5 Å². The van der Waals surface area contributed by atoms with Crippen molar-refractivity contribution in [2.45, 2.75) is 6.42 Å². The van der Waals surface area contributed by atoms with Crippen molar-refractivity contribution in [3.63, 3.8) is 0 Å². The van der Waals surface area contributed by atoms with E-state index >= 15 is 0 Å². The first-order valence-corrected chi connectivity index (χ1v) is 11.0. The van der Waals surface area contributed by atoms with E-state index in [-0.39, 0.29) is 0 Å². The van der Waals surface area contributed by atoms with Crippen LogP contribution >= 0.6 is 11.9 Å². The van der Waals surface area contributed by atoms with E-state index in [1.165, 1.54) is 11.9 Å². The van der Waals surface area contributed by atoms with E-state index < -0.39 is 0 Å². The number of aromatic nitrogens is 7. The zero-order valence-electron chi connectivity index (χ0n) is 18.7. The second kappa shape index (κ2) is 10.2. The molecule has 1 aromatic carbocycles. The molecular formula is C21H24N8O3S. The molecule has 0 aliphatic heterocycles. The zero-order chi connectivity index (χ0) is 23.2. The minimum Gasteiger partial charge on any atom is -0.494 e. The fourth-order valence-corrected chi connectivity index (χ4v) is 3.80. The number of para-hydroxylation sites is 1. The molecule has 172 valence electrons. The summed E-state index contributed by atoms with van der Waals surface area (Å²) in [5.74, 6) is 4.37. The molecule has 4 rings (SSSR count). The number of nitrogens with one attached hydrogen (secondary N) is 1. The van der Waals surface area contributed by atoms with Gasteiger partial charge >= 0.3 is 0 Å². The van der Waals surface area contributed by atoms with E-state index in [9.17, 15) is 0 Å². The van der Waals surface area contributed by atoms with E-state index in [0.29, 0.717) is 52.6 Å². The number of anilines is 1. The molecule has 0 saturated heterocycles. The highest BCUT2D eigenvalue weighted by molar-refractivity contribution is 8.00. The monoisotopic (exact) mass is 468 g/mol. The Balaban J connectivity index is 1.61. The Hall–Kier alpha value is -3.80.